The fourth-order valence-corrected chi connectivity index (χ4v) is 1.72. The standard InChI is InChI=1S/C7H12F5NO2S/c1-2-3-4-5-13-16(14,15)7(11,12)6(8,9)10/h13H,2-5H2,1H3. The topological polar surface area (TPSA) is 46.2 Å². The zero-order valence-corrected chi connectivity index (χ0v) is 9.26. The van der Waals surface area contributed by atoms with Gasteiger partial charge in [-0.05, 0) is 6.42 Å². The number of unbranched alkanes of at least 4 members (excludes halogenated alkanes) is 2. The molecule has 0 unspecified atom stereocenters. The highest BCUT2D eigenvalue weighted by Crippen LogP contribution is 2.39. The molecule has 0 aliphatic rings. The van der Waals surface area contributed by atoms with Gasteiger partial charge in [0.25, 0.3) is 10.0 Å². The summed E-state index contributed by atoms with van der Waals surface area (Å²) in [5, 5.41) is -5.76. The minimum absolute atomic E-state index is 0.212. The van der Waals surface area contributed by atoms with Gasteiger partial charge < -0.3 is 0 Å². The molecule has 0 spiro atoms. The van der Waals surface area contributed by atoms with Crippen molar-refractivity contribution < 1.29 is 30.4 Å². The Morgan fingerprint density at radius 1 is 1.06 bits per heavy atom. The molecule has 0 heterocycles. The quantitative estimate of drug-likeness (QED) is 0.594. The van der Waals surface area contributed by atoms with Gasteiger partial charge in [-0.2, -0.15) is 22.0 Å². The number of hydrogen-bond donors (Lipinski definition) is 1. The van der Waals surface area contributed by atoms with Gasteiger partial charge in [-0.3, -0.25) is 0 Å². The zero-order chi connectivity index (χ0) is 13.0. The van der Waals surface area contributed by atoms with Gasteiger partial charge in [-0.1, -0.05) is 19.8 Å². The molecule has 0 atom stereocenters. The molecule has 0 bridgehead atoms. The lowest BCUT2D eigenvalue weighted by molar-refractivity contribution is -0.241. The third kappa shape index (κ3) is 3.55. The third-order valence-electron chi connectivity index (χ3n) is 1.74. The summed E-state index contributed by atoms with van der Waals surface area (Å²) >= 11 is 0. The molecule has 0 saturated carbocycles. The van der Waals surface area contributed by atoms with Crippen LogP contribution in [0.15, 0.2) is 0 Å². The highest BCUT2D eigenvalue weighted by molar-refractivity contribution is 7.90. The van der Waals surface area contributed by atoms with Gasteiger partial charge in [-0.25, -0.2) is 13.1 Å². The predicted molar refractivity (Wildman–Crippen MR) is 47.4 cm³/mol. The maximum absolute atomic E-state index is 12.4. The molecule has 98 valence electrons. The Hall–Kier alpha value is -0.440. The Bertz CT molecular complexity index is 311. The smallest absolute Gasteiger partial charge is 0.210 e. The number of hydrogen-bond acceptors (Lipinski definition) is 2. The SMILES string of the molecule is CCCCCNS(=O)(=O)C(F)(F)C(F)(F)F. The summed E-state index contributed by atoms with van der Waals surface area (Å²) in [6.45, 7) is 1.35. The number of rotatable bonds is 6. The van der Waals surface area contributed by atoms with Crippen LogP contribution in [0.1, 0.15) is 26.2 Å². The number of sulfonamides is 1. The molecule has 3 nitrogen and oxygen atoms in total. The summed E-state index contributed by atoms with van der Waals surface area (Å²) in [6.07, 6.45) is -4.66. The van der Waals surface area contributed by atoms with E-state index < -0.39 is 28.0 Å². The van der Waals surface area contributed by atoms with E-state index in [2.05, 4.69) is 0 Å². The Morgan fingerprint density at radius 2 is 1.56 bits per heavy atom. The molecule has 9 heteroatoms. The highest BCUT2D eigenvalue weighted by atomic mass is 32.2. The summed E-state index contributed by atoms with van der Waals surface area (Å²) in [5.41, 5.74) is 0. The van der Waals surface area contributed by atoms with Crippen LogP contribution >= 0.6 is 0 Å². The lowest BCUT2D eigenvalue weighted by Gasteiger charge is -2.19. The summed E-state index contributed by atoms with van der Waals surface area (Å²) in [7, 11) is -5.71. The van der Waals surface area contributed by atoms with Crippen LogP contribution in [-0.4, -0.2) is 26.4 Å². The maximum Gasteiger partial charge on any atom is 0.470 e. The van der Waals surface area contributed by atoms with Crippen LogP contribution in [0.25, 0.3) is 0 Å². The minimum Gasteiger partial charge on any atom is -0.210 e. The monoisotopic (exact) mass is 269 g/mol. The molecule has 1 N–H and O–H groups in total. The van der Waals surface area contributed by atoms with Crippen molar-refractivity contribution in [1.29, 1.82) is 0 Å². The second kappa shape index (κ2) is 5.26. The Labute approximate surface area is 90.1 Å². The normalized spacial score (nSPS) is 14.1. The van der Waals surface area contributed by atoms with E-state index in [1.165, 1.54) is 4.72 Å². The average Bonchev–Trinajstić information content (AvgIpc) is 2.10. The van der Waals surface area contributed by atoms with E-state index in [1.807, 2.05) is 0 Å². The van der Waals surface area contributed by atoms with E-state index in [-0.39, 0.29) is 6.42 Å². The number of halogens is 5. The van der Waals surface area contributed by atoms with Gasteiger partial charge >= 0.3 is 11.4 Å². The van der Waals surface area contributed by atoms with Gasteiger partial charge in [0.2, 0.25) is 0 Å². The third-order valence-corrected chi connectivity index (χ3v) is 3.23. The summed E-state index contributed by atoms with van der Waals surface area (Å²) in [5.74, 6) is 0. The first-order valence-corrected chi connectivity index (χ1v) is 5.98. The lowest BCUT2D eigenvalue weighted by Crippen LogP contribution is -2.50. The van der Waals surface area contributed by atoms with Gasteiger partial charge in [0, 0.05) is 6.54 Å². The van der Waals surface area contributed by atoms with Gasteiger partial charge in [-0.15, -0.1) is 0 Å². The summed E-state index contributed by atoms with van der Waals surface area (Å²) in [4.78, 5) is 0. The molecular weight excluding hydrogens is 257 g/mol. The van der Waals surface area contributed by atoms with Crippen molar-refractivity contribution in [2.75, 3.05) is 6.54 Å². The molecule has 0 saturated heterocycles. The van der Waals surface area contributed by atoms with Crippen LogP contribution in [0.5, 0.6) is 0 Å². The molecule has 0 aliphatic carbocycles. The largest absolute Gasteiger partial charge is 0.470 e. The second-order valence-electron chi connectivity index (χ2n) is 3.12. The Morgan fingerprint density at radius 3 is 1.94 bits per heavy atom. The highest BCUT2D eigenvalue weighted by Gasteiger charge is 2.67. The van der Waals surface area contributed by atoms with E-state index >= 15 is 0 Å². The van der Waals surface area contributed by atoms with Crippen LogP contribution in [-0.2, 0) is 10.0 Å². The molecule has 16 heavy (non-hydrogen) atoms. The summed E-state index contributed by atoms with van der Waals surface area (Å²) < 4.78 is 82.7. The van der Waals surface area contributed by atoms with Crippen molar-refractivity contribution in [2.24, 2.45) is 0 Å². The molecule has 0 radical (unpaired) electrons. The fourth-order valence-electron chi connectivity index (χ4n) is 0.825. The molecule has 0 aromatic heterocycles. The zero-order valence-electron chi connectivity index (χ0n) is 8.44. The number of nitrogens with one attached hydrogen (secondary N) is 1. The van der Waals surface area contributed by atoms with E-state index in [0.29, 0.717) is 12.8 Å². The first kappa shape index (κ1) is 15.6. The molecule has 0 fully saturated rings. The van der Waals surface area contributed by atoms with E-state index in [4.69, 9.17) is 0 Å². The van der Waals surface area contributed by atoms with Crippen molar-refractivity contribution in [3.05, 3.63) is 0 Å². The van der Waals surface area contributed by atoms with Crippen molar-refractivity contribution in [3.8, 4) is 0 Å². The first-order chi connectivity index (χ1) is 7.06. The fraction of sp³-hybridized carbons (Fsp3) is 1.00. The van der Waals surface area contributed by atoms with Crippen LogP contribution in [0, 0.1) is 0 Å². The Balaban J connectivity index is 4.55. The molecule has 0 aromatic rings. The van der Waals surface area contributed by atoms with Crippen LogP contribution in [0.3, 0.4) is 0 Å². The lowest BCUT2D eigenvalue weighted by atomic mass is 10.3. The first-order valence-electron chi connectivity index (χ1n) is 4.50. The van der Waals surface area contributed by atoms with E-state index in [0.717, 1.165) is 0 Å². The predicted octanol–water partition coefficient (Wildman–Crippen LogP) is 2.25. The van der Waals surface area contributed by atoms with Crippen LogP contribution in [0.4, 0.5) is 22.0 Å². The van der Waals surface area contributed by atoms with Crippen molar-refractivity contribution in [3.63, 3.8) is 0 Å². The minimum atomic E-state index is -6.11. The van der Waals surface area contributed by atoms with Crippen molar-refractivity contribution >= 4 is 10.0 Å². The molecule has 0 amide bonds. The van der Waals surface area contributed by atoms with Gasteiger partial charge in [0.1, 0.15) is 0 Å². The van der Waals surface area contributed by atoms with E-state index in [9.17, 15) is 30.4 Å². The molecule has 0 rings (SSSR count). The molecular formula is C7H12F5NO2S. The van der Waals surface area contributed by atoms with Gasteiger partial charge in [0.05, 0.1) is 0 Å². The van der Waals surface area contributed by atoms with Crippen LogP contribution in [0.2, 0.25) is 0 Å². The second-order valence-corrected chi connectivity index (χ2v) is 4.93. The number of alkyl halides is 5. The van der Waals surface area contributed by atoms with E-state index in [1.54, 1.807) is 6.92 Å². The maximum atomic E-state index is 12.4. The Kier molecular flexibility index (Phi) is 5.12. The van der Waals surface area contributed by atoms with Crippen molar-refractivity contribution in [1.82, 2.24) is 4.72 Å². The van der Waals surface area contributed by atoms with Crippen LogP contribution < -0.4 is 4.72 Å². The molecule has 0 aliphatic heterocycles. The average molecular weight is 269 g/mol. The summed E-state index contributed by atoms with van der Waals surface area (Å²) in [6, 6.07) is 0. The van der Waals surface area contributed by atoms with Crippen molar-refractivity contribution in [2.45, 2.75) is 37.6 Å². The van der Waals surface area contributed by atoms with Gasteiger partial charge in [0.15, 0.2) is 0 Å². The molecule has 0 aromatic carbocycles.